The number of ether oxygens (including phenoxy) is 2. The third-order valence-corrected chi connectivity index (χ3v) is 6.06. The van der Waals surface area contributed by atoms with Gasteiger partial charge in [0.05, 0.1) is 25.3 Å². The quantitative estimate of drug-likeness (QED) is 0.611. The van der Waals surface area contributed by atoms with Crippen LogP contribution in [0.3, 0.4) is 0 Å². The molecule has 1 aliphatic rings. The molecule has 7 nitrogen and oxygen atoms in total. The van der Waals surface area contributed by atoms with Gasteiger partial charge < -0.3 is 24.7 Å². The Bertz CT molecular complexity index is 1100. The number of aromatic nitrogens is 2. The molecule has 1 fully saturated rings. The lowest BCUT2D eigenvalue weighted by atomic mass is 10.0. The maximum Gasteiger partial charge on any atom is 0.326 e. The van der Waals surface area contributed by atoms with E-state index in [0.717, 1.165) is 42.5 Å². The van der Waals surface area contributed by atoms with Crippen molar-refractivity contribution >= 4 is 28.4 Å². The van der Waals surface area contributed by atoms with E-state index >= 15 is 0 Å². The van der Waals surface area contributed by atoms with E-state index in [2.05, 4.69) is 15.2 Å². The van der Waals surface area contributed by atoms with Gasteiger partial charge in [-0.2, -0.15) is 0 Å². The van der Waals surface area contributed by atoms with E-state index in [0.29, 0.717) is 23.2 Å². The summed E-state index contributed by atoms with van der Waals surface area (Å²) in [7, 11) is 3.26. The molecule has 2 heterocycles. The van der Waals surface area contributed by atoms with Gasteiger partial charge in [-0.15, -0.1) is 0 Å². The number of nitrogens with zero attached hydrogens (tertiary/aromatic N) is 2. The zero-order valence-corrected chi connectivity index (χ0v) is 18.0. The third kappa shape index (κ3) is 3.87. The van der Waals surface area contributed by atoms with E-state index in [9.17, 15) is 4.79 Å². The first-order valence-corrected chi connectivity index (χ1v) is 10.4. The minimum Gasteiger partial charge on any atom is -0.493 e. The Hall–Kier alpha value is -3.00. The van der Waals surface area contributed by atoms with Crippen LogP contribution in [0.1, 0.15) is 24.4 Å². The number of thiocarbonyl (C=S) groups is 1. The fourth-order valence-corrected chi connectivity index (χ4v) is 4.39. The van der Waals surface area contributed by atoms with Crippen molar-refractivity contribution in [3.05, 3.63) is 58.5 Å². The van der Waals surface area contributed by atoms with Gasteiger partial charge in [-0.1, -0.05) is 24.3 Å². The Kier molecular flexibility index (Phi) is 5.94. The molecule has 8 heteroatoms. The second kappa shape index (κ2) is 8.79. The topological polar surface area (TPSA) is 71.5 Å². The molecule has 0 amide bonds. The van der Waals surface area contributed by atoms with E-state index in [1.165, 1.54) is 0 Å². The molecular formula is C22H26N4O3S. The number of aromatic amines is 1. The van der Waals surface area contributed by atoms with Crippen molar-refractivity contribution in [2.45, 2.75) is 25.4 Å². The third-order valence-electron chi connectivity index (χ3n) is 5.66. The fraction of sp³-hybridized carbons (Fsp3) is 0.364. The highest BCUT2D eigenvalue weighted by atomic mass is 32.1. The molecule has 0 bridgehead atoms. The van der Waals surface area contributed by atoms with Gasteiger partial charge in [0.1, 0.15) is 0 Å². The van der Waals surface area contributed by atoms with Crippen molar-refractivity contribution < 1.29 is 9.47 Å². The minimum atomic E-state index is -0.0412. The van der Waals surface area contributed by atoms with Crippen molar-refractivity contribution in [1.29, 1.82) is 0 Å². The molecule has 0 spiro atoms. The predicted octanol–water partition coefficient (Wildman–Crippen LogP) is 3.06. The maximum absolute atomic E-state index is 12.5. The van der Waals surface area contributed by atoms with Crippen molar-refractivity contribution in [3.63, 3.8) is 0 Å². The Balaban J connectivity index is 1.38. The first-order chi connectivity index (χ1) is 14.6. The summed E-state index contributed by atoms with van der Waals surface area (Å²) < 4.78 is 12.7. The molecule has 0 radical (unpaired) electrons. The second-order valence-corrected chi connectivity index (χ2v) is 7.73. The van der Waals surface area contributed by atoms with Crippen LogP contribution in [0, 0.1) is 0 Å². The number of H-pyrrole nitrogens is 1. The van der Waals surface area contributed by atoms with Crippen LogP contribution in [0.15, 0.2) is 47.3 Å². The van der Waals surface area contributed by atoms with Crippen LogP contribution in [0.2, 0.25) is 0 Å². The number of fused-ring (bicyclic) bond motifs is 1. The standard InChI is InChI=1S/C22H26N4O3S/c1-28-19-9-5-6-15(20(19)29-2)14-23-22(30)25-12-10-16(11-13-25)26-18-8-4-3-7-17(18)24-21(26)27/h3-9,16H,10-14H2,1-2H3,(H,23,30)(H,24,27). The number of likely N-dealkylation sites (tertiary alicyclic amines) is 1. The molecule has 1 aliphatic heterocycles. The van der Waals surface area contributed by atoms with E-state index in [-0.39, 0.29) is 11.7 Å². The molecule has 3 aromatic rings. The smallest absolute Gasteiger partial charge is 0.326 e. The predicted molar refractivity (Wildman–Crippen MR) is 121 cm³/mol. The molecule has 1 saturated heterocycles. The summed E-state index contributed by atoms with van der Waals surface area (Å²) in [6.07, 6.45) is 1.73. The highest BCUT2D eigenvalue weighted by Crippen LogP contribution is 2.30. The summed E-state index contributed by atoms with van der Waals surface area (Å²) in [6.45, 7) is 2.16. The summed E-state index contributed by atoms with van der Waals surface area (Å²) in [5.41, 5.74) is 2.79. The van der Waals surface area contributed by atoms with Gasteiger partial charge in [-0.3, -0.25) is 4.57 Å². The Labute approximate surface area is 180 Å². The van der Waals surface area contributed by atoms with Crippen molar-refractivity contribution in [2.24, 2.45) is 0 Å². The molecule has 30 heavy (non-hydrogen) atoms. The van der Waals surface area contributed by atoms with Crippen LogP contribution in [0.5, 0.6) is 11.5 Å². The molecule has 2 aromatic carbocycles. The monoisotopic (exact) mass is 426 g/mol. The largest absolute Gasteiger partial charge is 0.493 e. The fourth-order valence-electron chi connectivity index (χ4n) is 4.14. The molecule has 0 unspecified atom stereocenters. The van der Waals surface area contributed by atoms with E-state index < -0.39 is 0 Å². The summed E-state index contributed by atoms with van der Waals surface area (Å²) in [6, 6.07) is 13.8. The van der Waals surface area contributed by atoms with Gasteiger partial charge in [0, 0.05) is 31.2 Å². The normalized spacial score (nSPS) is 14.7. The lowest BCUT2D eigenvalue weighted by Crippen LogP contribution is -2.45. The number of imidazole rings is 1. The molecule has 4 rings (SSSR count). The average Bonchev–Trinajstić information content (AvgIpc) is 3.12. The van der Waals surface area contributed by atoms with E-state index in [4.69, 9.17) is 21.7 Å². The van der Waals surface area contributed by atoms with Crippen molar-refractivity contribution in [2.75, 3.05) is 27.3 Å². The number of hydrogen-bond donors (Lipinski definition) is 2. The SMILES string of the molecule is COc1cccc(CNC(=S)N2CCC(n3c(=O)[nH]c4ccccc43)CC2)c1OC. The Morgan fingerprint density at radius 1 is 1.13 bits per heavy atom. The molecule has 0 atom stereocenters. The van der Waals surface area contributed by atoms with Crippen LogP contribution < -0.4 is 20.5 Å². The first kappa shape index (κ1) is 20.3. The van der Waals surface area contributed by atoms with Crippen LogP contribution in [-0.2, 0) is 6.54 Å². The molecule has 1 aromatic heterocycles. The molecule has 0 saturated carbocycles. The van der Waals surface area contributed by atoms with Crippen LogP contribution in [0.4, 0.5) is 0 Å². The number of hydrogen-bond acceptors (Lipinski definition) is 4. The number of benzene rings is 2. The summed E-state index contributed by atoms with van der Waals surface area (Å²) in [4.78, 5) is 17.6. The van der Waals surface area contributed by atoms with Gasteiger partial charge in [-0.05, 0) is 43.3 Å². The second-order valence-electron chi connectivity index (χ2n) is 7.35. The highest BCUT2D eigenvalue weighted by Gasteiger charge is 2.24. The lowest BCUT2D eigenvalue weighted by molar-refractivity contribution is 0.264. The van der Waals surface area contributed by atoms with Gasteiger partial charge in [-0.25, -0.2) is 4.79 Å². The van der Waals surface area contributed by atoms with Gasteiger partial charge >= 0.3 is 5.69 Å². The van der Waals surface area contributed by atoms with Crippen molar-refractivity contribution in [1.82, 2.24) is 19.8 Å². The molecule has 158 valence electrons. The summed E-state index contributed by atoms with van der Waals surface area (Å²) in [5, 5.41) is 4.05. The number of piperidine rings is 1. The van der Waals surface area contributed by atoms with Gasteiger partial charge in [0.2, 0.25) is 0 Å². The number of methoxy groups -OCH3 is 2. The Morgan fingerprint density at radius 3 is 2.63 bits per heavy atom. The number of para-hydroxylation sites is 3. The summed E-state index contributed by atoms with van der Waals surface area (Å²) >= 11 is 5.62. The average molecular weight is 427 g/mol. The highest BCUT2D eigenvalue weighted by molar-refractivity contribution is 7.80. The van der Waals surface area contributed by atoms with Crippen molar-refractivity contribution in [3.8, 4) is 11.5 Å². The zero-order valence-electron chi connectivity index (χ0n) is 17.2. The molecule has 0 aliphatic carbocycles. The maximum atomic E-state index is 12.5. The molecular weight excluding hydrogens is 400 g/mol. The number of rotatable bonds is 5. The van der Waals surface area contributed by atoms with E-state index in [1.54, 1.807) is 14.2 Å². The lowest BCUT2D eigenvalue weighted by Gasteiger charge is -2.34. The number of nitrogens with one attached hydrogen (secondary N) is 2. The Morgan fingerprint density at radius 2 is 1.90 bits per heavy atom. The van der Waals surface area contributed by atoms with Crippen LogP contribution in [-0.4, -0.2) is 46.9 Å². The zero-order chi connectivity index (χ0) is 21.1. The van der Waals surface area contributed by atoms with Gasteiger partial charge in [0.25, 0.3) is 0 Å². The van der Waals surface area contributed by atoms with Gasteiger partial charge in [0.15, 0.2) is 16.6 Å². The first-order valence-electron chi connectivity index (χ1n) is 10.0. The summed E-state index contributed by atoms with van der Waals surface area (Å²) in [5.74, 6) is 1.42. The van der Waals surface area contributed by atoms with Crippen LogP contribution >= 0.6 is 12.2 Å². The molecule has 2 N–H and O–H groups in total. The van der Waals surface area contributed by atoms with Crippen LogP contribution in [0.25, 0.3) is 11.0 Å². The van der Waals surface area contributed by atoms with E-state index in [1.807, 2.05) is 47.0 Å². The minimum absolute atomic E-state index is 0.0412.